The summed E-state index contributed by atoms with van der Waals surface area (Å²) in [5, 5.41) is 0. The van der Waals surface area contributed by atoms with Gasteiger partial charge in [0.2, 0.25) is 5.82 Å². The van der Waals surface area contributed by atoms with Crippen molar-refractivity contribution in [2.45, 2.75) is 6.92 Å². The van der Waals surface area contributed by atoms with Crippen molar-refractivity contribution in [3.05, 3.63) is 60.7 Å². The van der Waals surface area contributed by atoms with Crippen molar-refractivity contribution >= 4 is 0 Å². The maximum Gasteiger partial charge on any atom is 0.201 e. The molecule has 0 amide bonds. The Morgan fingerprint density at radius 1 is 1.00 bits per heavy atom. The van der Waals surface area contributed by atoms with Crippen LogP contribution in [0.15, 0.2) is 49.1 Å². The van der Waals surface area contributed by atoms with Crippen LogP contribution in [0.5, 0.6) is 11.5 Å². The molecular formula is C17H16F2O2. The van der Waals surface area contributed by atoms with E-state index in [9.17, 15) is 8.78 Å². The van der Waals surface area contributed by atoms with Gasteiger partial charge >= 0.3 is 0 Å². The van der Waals surface area contributed by atoms with E-state index in [0.29, 0.717) is 17.9 Å². The van der Waals surface area contributed by atoms with Crippen LogP contribution in [-0.4, -0.2) is 13.2 Å². The zero-order valence-corrected chi connectivity index (χ0v) is 11.7. The van der Waals surface area contributed by atoms with Gasteiger partial charge in [-0.25, -0.2) is 4.39 Å². The highest BCUT2D eigenvalue weighted by molar-refractivity contribution is 5.66. The normalized spacial score (nSPS) is 10.2. The summed E-state index contributed by atoms with van der Waals surface area (Å²) in [6.07, 6.45) is 1.63. The first-order valence-electron chi connectivity index (χ1n) is 6.62. The van der Waals surface area contributed by atoms with Crippen LogP contribution >= 0.6 is 0 Å². The van der Waals surface area contributed by atoms with Gasteiger partial charge in [-0.15, -0.1) is 0 Å². The molecule has 110 valence electrons. The first-order chi connectivity index (χ1) is 10.2. The second kappa shape index (κ2) is 6.88. The van der Waals surface area contributed by atoms with Crippen molar-refractivity contribution in [1.82, 2.24) is 0 Å². The fourth-order valence-corrected chi connectivity index (χ4v) is 1.91. The molecule has 2 rings (SSSR count). The first-order valence-corrected chi connectivity index (χ1v) is 6.62. The van der Waals surface area contributed by atoms with Gasteiger partial charge in [0.1, 0.15) is 12.4 Å². The third kappa shape index (κ3) is 3.40. The summed E-state index contributed by atoms with van der Waals surface area (Å²) in [5.41, 5.74) is 0.756. The molecule has 0 atom stereocenters. The van der Waals surface area contributed by atoms with E-state index in [1.54, 1.807) is 37.3 Å². The highest BCUT2D eigenvalue weighted by Gasteiger charge is 2.15. The number of ether oxygens (including phenoxy) is 2. The Bertz CT molecular complexity index is 621. The fourth-order valence-electron chi connectivity index (χ4n) is 1.91. The largest absolute Gasteiger partial charge is 0.491 e. The maximum atomic E-state index is 14.1. The summed E-state index contributed by atoms with van der Waals surface area (Å²) >= 11 is 0. The molecule has 0 aliphatic heterocycles. The van der Waals surface area contributed by atoms with Crippen LogP contribution in [0.3, 0.4) is 0 Å². The van der Waals surface area contributed by atoms with E-state index in [1.807, 2.05) is 0 Å². The molecule has 0 N–H and O–H groups in total. The van der Waals surface area contributed by atoms with Gasteiger partial charge in [-0.3, -0.25) is 0 Å². The zero-order chi connectivity index (χ0) is 15.2. The molecule has 2 nitrogen and oxygen atoms in total. The summed E-state index contributed by atoms with van der Waals surface area (Å²) in [4.78, 5) is 0. The van der Waals surface area contributed by atoms with E-state index in [0.717, 1.165) is 0 Å². The lowest BCUT2D eigenvalue weighted by Crippen LogP contribution is -1.98. The van der Waals surface area contributed by atoms with E-state index >= 15 is 0 Å². The number of hydrogen-bond acceptors (Lipinski definition) is 2. The van der Waals surface area contributed by atoms with Crippen molar-refractivity contribution in [3.63, 3.8) is 0 Å². The summed E-state index contributed by atoms with van der Waals surface area (Å²) in [7, 11) is 0. The molecule has 2 aromatic rings. The first kappa shape index (κ1) is 15.0. The van der Waals surface area contributed by atoms with Gasteiger partial charge in [-0.2, -0.15) is 4.39 Å². The lowest BCUT2D eigenvalue weighted by atomic mass is 10.0. The molecule has 0 unspecified atom stereocenters. The predicted octanol–water partition coefficient (Wildman–Crippen LogP) is 4.60. The molecule has 0 saturated carbocycles. The Balaban J connectivity index is 2.29. The number of benzene rings is 2. The van der Waals surface area contributed by atoms with E-state index in [2.05, 4.69) is 6.58 Å². The molecule has 21 heavy (non-hydrogen) atoms. The van der Waals surface area contributed by atoms with Gasteiger partial charge in [0.05, 0.1) is 6.61 Å². The van der Waals surface area contributed by atoms with E-state index in [-0.39, 0.29) is 17.9 Å². The second-order valence-electron chi connectivity index (χ2n) is 4.30. The summed E-state index contributed by atoms with van der Waals surface area (Å²) in [6.45, 7) is 5.95. The van der Waals surface area contributed by atoms with Crippen LogP contribution in [-0.2, 0) is 0 Å². The minimum absolute atomic E-state index is 0.0790. The van der Waals surface area contributed by atoms with Gasteiger partial charge in [0, 0.05) is 5.56 Å². The van der Waals surface area contributed by atoms with Gasteiger partial charge < -0.3 is 9.47 Å². The van der Waals surface area contributed by atoms with Crippen molar-refractivity contribution in [3.8, 4) is 22.6 Å². The second-order valence-corrected chi connectivity index (χ2v) is 4.30. The molecule has 0 radical (unpaired) electrons. The Morgan fingerprint density at radius 2 is 1.71 bits per heavy atom. The summed E-state index contributed by atoms with van der Waals surface area (Å²) in [5.74, 6) is -1.32. The average Bonchev–Trinajstić information content (AvgIpc) is 2.51. The molecule has 0 bridgehead atoms. The van der Waals surface area contributed by atoms with Crippen LogP contribution in [0.4, 0.5) is 8.78 Å². The van der Waals surface area contributed by atoms with Gasteiger partial charge in [-0.1, -0.05) is 24.8 Å². The smallest absolute Gasteiger partial charge is 0.201 e. The topological polar surface area (TPSA) is 18.5 Å². The number of rotatable bonds is 6. The van der Waals surface area contributed by atoms with Crippen LogP contribution in [0.25, 0.3) is 11.1 Å². The third-order valence-corrected chi connectivity index (χ3v) is 2.88. The number of halogens is 2. The van der Waals surface area contributed by atoms with E-state index in [4.69, 9.17) is 9.47 Å². The van der Waals surface area contributed by atoms with Gasteiger partial charge in [-0.05, 0) is 36.8 Å². The Labute approximate surface area is 122 Å². The minimum atomic E-state index is -0.971. The molecule has 0 spiro atoms. The lowest BCUT2D eigenvalue weighted by Gasteiger charge is -2.10. The van der Waals surface area contributed by atoms with Crippen LogP contribution in [0, 0.1) is 11.6 Å². The molecule has 0 heterocycles. The molecule has 0 aliphatic rings. The van der Waals surface area contributed by atoms with Crippen LogP contribution in [0.2, 0.25) is 0 Å². The highest BCUT2D eigenvalue weighted by atomic mass is 19.2. The fraction of sp³-hybridized carbons (Fsp3) is 0.176. The molecule has 4 heteroatoms. The van der Waals surface area contributed by atoms with E-state index in [1.165, 1.54) is 12.1 Å². The summed E-state index contributed by atoms with van der Waals surface area (Å²) < 4.78 is 38.3. The van der Waals surface area contributed by atoms with Crippen molar-refractivity contribution in [1.29, 1.82) is 0 Å². The van der Waals surface area contributed by atoms with Crippen molar-refractivity contribution in [2.24, 2.45) is 0 Å². The molecule has 0 saturated heterocycles. The lowest BCUT2D eigenvalue weighted by molar-refractivity contribution is 0.314. The van der Waals surface area contributed by atoms with Crippen molar-refractivity contribution < 1.29 is 18.3 Å². The third-order valence-electron chi connectivity index (χ3n) is 2.88. The standard InChI is InChI=1S/C17H16F2O2/c1-3-11-21-13-7-5-12(6-8-13)14-9-10-15(20-4-2)17(19)16(14)18/h3,5-10H,1,4,11H2,2H3. The predicted molar refractivity (Wildman–Crippen MR) is 78.7 cm³/mol. The Morgan fingerprint density at radius 3 is 2.33 bits per heavy atom. The minimum Gasteiger partial charge on any atom is -0.491 e. The monoisotopic (exact) mass is 290 g/mol. The highest BCUT2D eigenvalue weighted by Crippen LogP contribution is 2.30. The Kier molecular flexibility index (Phi) is 4.93. The van der Waals surface area contributed by atoms with E-state index < -0.39 is 11.6 Å². The maximum absolute atomic E-state index is 14.1. The average molecular weight is 290 g/mol. The number of hydrogen-bond donors (Lipinski definition) is 0. The quantitative estimate of drug-likeness (QED) is 0.724. The Hall–Kier alpha value is -2.36. The van der Waals surface area contributed by atoms with Gasteiger partial charge in [0.25, 0.3) is 0 Å². The molecule has 0 fully saturated rings. The molecule has 0 aromatic heterocycles. The zero-order valence-electron chi connectivity index (χ0n) is 11.7. The molecular weight excluding hydrogens is 274 g/mol. The summed E-state index contributed by atoms with van der Waals surface area (Å²) in [6, 6.07) is 9.69. The molecule has 0 aliphatic carbocycles. The van der Waals surface area contributed by atoms with Crippen molar-refractivity contribution in [2.75, 3.05) is 13.2 Å². The van der Waals surface area contributed by atoms with Crippen LogP contribution < -0.4 is 9.47 Å². The van der Waals surface area contributed by atoms with Gasteiger partial charge in [0.15, 0.2) is 11.6 Å². The SMILES string of the molecule is C=CCOc1ccc(-c2ccc(OCC)c(F)c2F)cc1. The van der Waals surface area contributed by atoms with Crippen LogP contribution in [0.1, 0.15) is 6.92 Å². The molecule has 2 aromatic carbocycles.